The molecule has 1 aliphatic carbocycles. The Morgan fingerprint density at radius 3 is 2.49 bits per heavy atom. The number of hydrogen-bond acceptors (Lipinski definition) is 11. The second-order valence-corrected chi connectivity index (χ2v) is 16.3. The molecule has 3 saturated heterocycles. The lowest BCUT2D eigenvalue weighted by Crippen LogP contribution is -2.58. The molecule has 6 aliphatic rings. The van der Waals surface area contributed by atoms with E-state index < -0.39 is 72.3 Å². The monoisotopic (exact) mass is 742 g/mol. The molecule has 0 radical (unpaired) electrons. The molecule has 5 heterocycles. The lowest BCUT2D eigenvalue weighted by Gasteiger charge is -2.48. The fourth-order valence-electron chi connectivity index (χ4n) is 9.16. The SMILES string of the molecule is CC[C@H](C)[C@H]1O[C@]2(C=C[C@@H]1C)C[C@@H]1C[C@@H](C/C=C(/C)[C@@H](O[C@H]3C[C@H](OC)[C@@H](O)[C@H](C)O3)[C@@H](C)/C=C\C=C3CO[C@@H]4[C@H](OC)C(C)=C[C@@H](C(=O)O1)[C@]34O)O2. The fraction of sp³-hybridized carbons (Fsp3) is 0.738. The van der Waals surface area contributed by atoms with Crippen LogP contribution in [0.3, 0.4) is 0 Å². The fourth-order valence-corrected chi connectivity index (χ4v) is 9.16. The summed E-state index contributed by atoms with van der Waals surface area (Å²) in [6.45, 7) is 14.5. The summed E-state index contributed by atoms with van der Waals surface area (Å²) < 4.78 is 50.6. The van der Waals surface area contributed by atoms with Gasteiger partial charge < -0.3 is 48.1 Å². The number of carbonyl (C=O) groups excluding carboxylic acids is 1. The first kappa shape index (κ1) is 40.5. The highest BCUT2D eigenvalue weighted by molar-refractivity contribution is 5.78. The maximum absolute atomic E-state index is 14.3. The number of methoxy groups -OCH3 is 2. The van der Waals surface area contributed by atoms with Crippen LogP contribution in [-0.4, -0.2) is 110 Å². The summed E-state index contributed by atoms with van der Waals surface area (Å²) in [5.74, 6) is -2.23. The molecule has 296 valence electrons. The van der Waals surface area contributed by atoms with Gasteiger partial charge in [0, 0.05) is 45.3 Å². The lowest BCUT2D eigenvalue weighted by molar-refractivity contribution is -0.300. The summed E-state index contributed by atoms with van der Waals surface area (Å²) in [4.78, 5) is 14.3. The van der Waals surface area contributed by atoms with Gasteiger partial charge in [-0.1, -0.05) is 70.6 Å². The van der Waals surface area contributed by atoms with Crippen LogP contribution in [0.2, 0.25) is 0 Å². The van der Waals surface area contributed by atoms with Gasteiger partial charge in [-0.3, -0.25) is 4.79 Å². The van der Waals surface area contributed by atoms with Gasteiger partial charge in [0.15, 0.2) is 12.1 Å². The molecule has 11 nitrogen and oxygen atoms in total. The van der Waals surface area contributed by atoms with Crippen LogP contribution in [0, 0.1) is 23.7 Å². The van der Waals surface area contributed by atoms with Crippen LogP contribution in [0.5, 0.6) is 0 Å². The van der Waals surface area contributed by atoms with Crippen LogP contribution >= 0.6 is 0 Å². The van der Waals surface area contributed by atoms with Crippen molar-refractivity contribution in [1.29, 1.82) is 0 Å². The Morgan fingerprint density at radius 2 is 1.77 bits per heavy atom. The van der Waals surface area contributed by atoms with Gasteiger partial charge in [-0.15, -0.1) is 0 Å². The molecule has 1 spiro atoms. The summed E-state index contributed by atoms with van der Waals surface area (Å²) in [7, 11) is 3.17. The minimum atomic E-state index is -1.68. The predicted octanol–water partition coefficient (Wildman–Crippen LogP) is 5.50. The third-order valence-electron chi connectivity index (χ3n) is 12.5. The zero-order valence-corrected chi connectivity index (χ0v) is 32.9. The van der Waals surface area contributed by atoms with Gasteiger partial charge in [0.05, 0.1) is 37.1 Å². The molecule has 0 amide bonds. The Kier molecular flexibility index (Phi) is 12.6. The van der Waals surface area contributed by atoms with E-state index in [1.54, 1.807) is 20.3 Å². The van der Waals surface area contributed by atoms with Crippen LogP contribution in [0.1, 0.15) is 80.6 Å². The summed E-state index contributed by atoms with van der Waals surface area (Å²) in [6.07, 6.45) is 11.6. The molecule has 0 saturated carbocycles. The Morgan fingerprint density at radius 1 is 1.00 bits per heavy atom. The van der Waals surface area contributed by atoms with Crippen molar-refractivity contribution in [2.75, 3.05) is 20.8 Å². The second kappa shape index (κ2) is 16.5. The molecule has 0 unspecified atom stereocenters. The zero-order valence-electron chi connectivity index (χ0n) is 32.9. The number of hydrogen-bond donors (Lipinski definition) is 2. The number of fused-ring (bicyclic) bond motifs is 2. The normalized spacial score (nSPS) is 47.1. The summed E-state index contributed by atoms with van der Waals surface area (Å²) in [5.41, 5.74) is 0.676. The number of rotatable bonds is 6. The maximum atomic E-state index is 14.3. The zero-order chi connectivity index (χ0) is 38.2. The van der Waals surface area contributed by atoms with Crippen molar-refractivity contribution in [3.05, 3.63) is 59.3 Å². The molecule has 11 heteroatoms. The van der Waals surface area contributed by atoms with Crippen LogP contribution in [0.15, 0.2) is 59.3 Å². The minimum absolute atomic E-state index is 0.0623. The molecule has 2 N–H and O–H groups in total. The van der Waals surface area contributed by atoms with E-state index >= 15 is 0 Å². The van der Waals surface area contributed by atoms with Crippen LogP contribution < -0.4 is 0 Å². The molecule has 2 bridgehead atoms. The molecule has 53 heavy (non-hydrogen) atoms. The van der Waals surface area contributed by atoms with Gasteiger partial charge in [0.25, 0.3) is 0 Å². The smallest absolute Gasteiger partial charge is 0.316 e. The van der Waals surface area contributed by atoms with E-state index in [2.05, 4.69) is 39.8 Å². The van der Waals surface area contributed by atoms with Crippen LogP contribution in [0.25, 0.3) is 0 Å². The summed E-state index contributed by atoms with van der Waals surface area (Å²) in [6, 6.07) is 0. The molecular weight excluding hydrogens is 680 g/mol. The number of carbonyl (C=O) groups is 1. The van der Waals surface area contributed by atoms with E-state index in [0.29, 0.717) is 37.2 Å². The number of esters is 1. The molecule has 16 atom stereocenters. The average Bonchev–Trinajstić information content (AvgIpc) is 3.46. The Balaban J connectivity index is 1.39. The summed E-state index contributed by atoms with van der Waals surface area (Å²) >= 11 is 0. The number of ether oxygens (including phenoxy) is 8. The molecule has 6 rings (SSSR count). The first-order valence-corrected chi connectivity index (χ1v) is 19.6. The lowest BCUT2D eigenvalue weighted by atomic mass is 9.70. The van der Waals surface area contributed by atoms with E-state index in [1.807, 2.05) is 45.1 Å². The van der Waals surface area contributed by atoms with E-state index in [-0.39, 0.29) is 30.7 Å². The van der Waals surface area contributed by atoms with Crippen molar-refractivity contribution < 1.29 is 52.9 Å². The molecule has 0 aromatic carbocycles. The van der Waals surface area contributed by atoms with E-state index in [4.69, 9.17) is 37.9 Å². The third kappa shape index (κ3) is 8.07. The number of allylic oxidation sites excluding steroid dienone is 2. The van der Waals surface area contributed by atoms with Crippen molar-refractivity contribution in [2.24, 2.45) is 23.7 Å². The van der Waals surface area contributed by atoms with Crippen LogP contribution in [-0.2, 0) is 42.7 Å². The van der Waals surface area contributed by atoms with E-state index in [0.717, 1.165) is 17.6 Å². The first-order chi connectivity index (χ1) is 25.2. The topological polar surface area (TPSA) is 131 Å². The van der Waals surface area contributed by atoms with Gasteiger partial charge in [-0.25, -0.2) is 0 Å². The Hall–Kier alpha value is -2.19. The van der Waals surface area contributed by atoms with Crippen molar-refractivity contribution in [2.45, 2.75) is 153 Å². The highest BCUT2D eigenvalue weighted by Gasteiger charge is 2.60. The predicted molar refractivity (Wildman–Crippen MR) is 197 cm³/mol. The van der Waals surface area contributed by atoms with Crippen molar-refractivity contribution in [3.8, 4) is 0 Å². The minimum Gasteiger partial charge on any atom is -0.462 e. The molecule has 0 aromatic heterocycles. The van der Waals surface area contributed by atoms with E-state index in [1.165, 1.54) is 0 Å². The van der Waals surface area contributed by atoms with Gasteiger partial charge in [-0.2, -0.15) is 0 Å². The van der Waals surface area contributed by atoms with Gasteiger partial charge in [0.1, 0.15) is 35.9 Å². The molecule has 3 fully saturated rings. The van der Waals surface area contributed by atoms with Gasteiger partial charge in [0.2, 0.25) is 0 Å². The van der Waals surface area contributed by atoms with Gasteiger partial charge in [-0.05, 0) is 55.9 Å². The average molecular weight is 743 g/mol. The summed E-state index contributed by atoms with van der Waals surface area (Å²) in [5, 5.41) is 23.2. The highest BCUT2D eigenvalue weighted by Crippen LogP contribution is 2.47. The largest absolute Gasteiger partial charge is 0.462 e. The van der Waals surface area contributed by atoms with E-state index in [9.17, 15) is 15.0 Å². The quantitative estimate of drug-likeness (QED) is 0.265. The molecular formula is C42H62O11. The second-order valence-electron chi connectivity index (χ2n) is 16.3. The van der Waals surface area contributed by atoms with Crippen molar-refractivity contribution in [1.82, 2.24) is 0 Å². The molecule has 0 aromatic rings. The Labute approximate surface area is 315 Å². The number of aliphatic hydroxyl groups excluding tert-OH is 1. The van der Waals surface area contributed by atoms with Gasteiger partial charge >= 0.3 is 5.97 Å². The Bertz CT molecular complexity index is 1470. The standard InChI is InChI=1S/C42H62O11/c1-10-23(2)37-26(5)16-17-41(53-37)21-31-19-30(52-41)15-14-25(4)36(51-34-20-33(46-8)35(43)28(7)49-34)24(3)12-11-13-29-22-48-39-38(47-9)27(6)18-32(40(44)50-31)42(29,39)45/h11-14,16-18,23-24,26,28,30-39,43,45H,10,15,19-22H2,1-9H3/b12-11-,25-14-,29-13?/t23-,24-,26-,28-,30+,31-,32-,33-,34-,35-,36-,37+,38+,39+,41+,42+/m0/s1. The van der Waals surface area contributed by atoms with Crippen molar-refractivity contribution >= 4 is 5.97 Å². The van der Waals surface area contributed by atoms with Crippen LogP contribution in [0.4, 0.5) is 0 Å². The maximum Gasteiger partial charge on any atom is 0.316 e. The van der Waals surface area contributed by atoms with Crippen molar-refractivity contribution in [3.63, 3.8) is 0 Å². The first-order valence-electron chi connectivity index (χ1n) is 19.6. The highest BCUT2D eigenvalue weighted by atomic mass is 16.7. The number of aliphatic hydroxyl groups is 2. The molecule has 5 aliphatic heterocycles. The third-order valence-corrected chi connectivity index (χ3v) is 12.5.